The minimum atomic E-state index is -0.631. The second kappa shape index (κ2) is 10.3. The number of amides is 1. The number of anilines is 1. The number of allylic oxidation sites excluding steroid dienone is 1. The van der Waals surface area contributed by atoms with Gasteiger partial charge in [-0.15, -0.1) is 11.8 Å². The van der Waals surface area contributed by atoms with Crippen LogP contribution in [0.5, 0.6) is 0 Å². The van der Waals surface area contributed by atoms with Gasteiger partial charge in [-0.2, -0.15) is 0 Å². The van der Waals surface area contributed by atoms with E-state index >= 15 is 0 Å². The summed E-state index contributed by atoms with van der Waals surface area (Å²) < 4.78 is 5.12. The second-order valence-electron chi connectivity index (χ2n) is 9.05. The molecule has 33 heavy (non-hydrogen) atoms. The zero-order valence-corrected chi connectivity index (χ0v) is 20.2. The number of carbonyl (C=O) groups is 3. The highest BCUT2D eigenvalue weighted by Crippen LogP contribution is 2.32. The molecule has 0 bridgehead atoms. The molecule has 2 aliphatic heterocycles. The van der Waals surface area contributed by atoms with Gasteiger partial charge in [0.1, 0.15) is 6.04 Å². The van der Waals surface area contributed by atoms with Gasteiger partial charge in [-0.1, -0.05) is 17.7 Å². The van der Waals surface area contributed by atoms with E-state index in [0.29, 0.717) is 25.3 Å². The Bertz CT molecular complexity index is 977. The van der Waals surface area contributed by atoms with E-state index in [0.717, 1.165) is 36.9 Å². The van der Waals surface area contributed by atoms with E-state index in [4.69, 9.17) is 10.5 Å². The fourth-order valence-electron chi connectivity index (χ4n) is 5.04. The first-order chi connectivity index (χ1) is 15.9. The van der Waals surface area contributed by atoms with Crippen molar-refractivity contribution in [2.45, 2.75) is 69.7 Å². The molecule has 178 valence electrons. The van der Waals surface area contributed by atoms with E-state index in [1.54, 1.807) is 11.8 Å². The van der Waals surface area contributed by atoms with E-state index in [-0.39, 0.29) is 24.3 Å². The Kier molecular flexibility index (Phi) is 7.44. The van der Waals surface area contributed by atoms with E-state index in [1.807, 2.05) is 13.0 Å². The van der Waals surface area contributed by atoms with Crippen LogP contribution >= 0.6 is 11.8 Å². The van der Waals surface area contributed by atoms with E-state index in [2.05, 4.69) is 17.5 Å². The Labute approximate surface area is 199 Å². The molecule has 2 fully saturated rings. The number of ketones is 1. The lowest BCUT2D eigenvalue weighted by atomic mass is 10.0. The third kappa shape index (κ3) is 5.11. The molecule has 1 aromatic rings. The van der Waals surface area contributed by atoms with Crippen molar-refractivity contribution in [3.05, 3.63) is 34.4 Å². The topological polar surface area (TPSA) is 102 Å². The van der Waals surface area contributed by atoms with Crippen molar-refractivity contribution in [3.8, 4) is 0 Å². The zero-order chi connectivity index (χ0) is 23.5. The van der Waals surface area contributed by atoms with Crippen LogP contribution in [0.15, 0.2) is 17.7 Å². The SMILES string of the molecule is CCOC(=O)[C@H]1NCSC1C(=O)[C@@H]1CCCN1C(=O)CCCC1=Cc2cc(N)c(C)cc2C1. The van der Waals surface area contributed by atoms with Crippen LogP contribution in [0.3, 0.4) is 0 Å². The molecule has 1 amide bonds. The number of thioether (sulfide) groups is 1. The predicted octanol–water partition coefficient (Wildman–Crippen LogP) is 2.84. The Morgan fingerprint density at radius 1 is 1.30 bits per heavy atom. The highest BCUT2D eigenvalue weighted by molar-refractivity contribution is 8.00. The molecule has 2 saturated heterocycles. The lowest BCUT2D eigenvalue weighted by Gasteiger charge is -2.27. The summed E-state index contributed by atoms with van der Waals surface area (Å²) >= 11 is 1.43. The number of carbonyl (C=O) groups excluding carboxylic acids is 3. The summed E-state index contributed by atoms with van der Waals surface area (Å²) in [4.78, 5) is 40.2. The van der Waals surface area contributed by atoms with E-state index in [9.17, 15) is 14.4 Å². The summed E-state index contributed by atoms with van der Waals surface area (Å²) in [5, 5.41) is 2.57. The maximum atomic E-state index is 13.3. The fraction of sp³-hybridized carbons (Fsp3) is 0.560. The summed E-state index contributed by atoms with van der Waals surface area (Å²) in [5.41, 5.74) is 11.7. The molecule has 2 heterocycles. The molecule has 1 aromatic carbocycles. The van der Waals surface area contributed by atoms with Crippen molar-refractivity contribution >= 4 is 41.2 Å². The number of fused-ring (bicyclic) bond motifs is 1. The van der Waals surface area contributed by atoms with Gasteiger partial charge in [0.05, 0.1) is 17.9 Å². The third-order valence-corrected chi connectivity index (χ3v) is 7.98. The largest absolute Gasteiger partial charge is 0.465 e. The number of benzene rings is 1. The summed E-state index contributed by atoms with van der Waals surface area (Å²) in [5.74, 6) is 0.143. The van der Waals surface area contributed by atoms with E-state index < -0.39 is 17.3 Å². The molecule has 0 aromatic heterocycles. The normalized spacial score (nSPS) is 24.0. The van der Waals surface area contributed by atoms with Gasteiger partial charge in [0, 0.05) is 24.5 Å². The van der Waals surface area contributed by atoms with Gasteiger partial charge in [0.15, 0.2) is 5.78 Å². The maximum Gasteiger partial charge on any atom is 0.324 e. The molecule has 1 unspecified atom stereocenters. The second-order valence-corrected chi connectivity index (χ2v) is 10.2. The van der Waals surface area contributed by atoms with E-state index in [1.165, 1.54) is 28.5 Å². The number of aryl methyl sites for hydroxylation is 1. The lowest BCUT2D eigenvalue weighted by molar-refractivity contribution is -0.147. The van der Waals surface area contributed by atoms with Gasteiger partial charge in [-0.05, 0) is 68.7 Å². The van der Waals surface area contributed by atoms with Gasteiger partial charge < -0.3 is 15.4 Å². The van der Waals surface area contributed by atoms with Crippen LogP contribution in [-0.4, -0.2) is 58.9 Å². The van der Waals surface area contributed by atoms with Crippen molar-refractivity contribution in [3.63, 3.8) is 0 Å². The number of nitrogens with two attached hydrogens (primary N) is 1. The van der Waals surface area contributed by atoms with Crippen LogP contribution in [0.25, 0.3) is 6.08 Å². The van der Waals surface area contributed by atoms with Crippen molar-refractivity contribution in [1.82, 2.24) is 10.2 Å². The number of ether oxygens (including phenoxy) is 1. The van der Waals surface area contributed by atoms with Crippen molar-refractivity contribution in [2.24, 2.45) is 0 Å². The number of Topliss-reactive ketones (excluding diaryl/α,β-unsaturated/α-hetero) is 1. The summed E-state index contributed by atoms with van der Waals surface area (Å²) in [6.45, 7) is 4.67. The molecular formula is C25H33N3O4S. The van der Waals surface area contributed by atoms with Crippen molar-refractivity contribution < 1.29 is 19.1 Å². The Hall–Kier alpha value is -2.32. The average molecular weight is 472 g/mol. The molecular weight excluding hydrogens is 438 g/mol. The van der Waals surface area contributed by atoms with Gasteiger partial charge in [-0.25, -0.2) is 0 Å². The van der Waals surface area contributed by atoms with Crippen molar-refractivity contribution in [2.75, 3.05) is 24.8 Å². The quantitative estimate of drug-likeness (QED) is 0.444. The van der Waals surface area contributed by atoms with Crippen LogP contribution in [0.1, 0.15) is 55.7 Å². The van der Waals surface area contributed by atoms with Gasteiger partial charge in [-0.3, -0.25) is 19.7 Å². The standard InChI is InChI=1S/C25H33N3O4S/c1-3-32-25(31)22-24(33-14-27-22)23(30)20-7-5-9-28(20)21(29)8-4-6-16-11-17-10-15(2)19(26)13-18(17)12-16/h10,12-13,20,22,24,27H,3-9,11,14,26H2,1-2H3/t20-,22-,24?/m0/s1. The minimum Gasteiger partial charge on any atom is -0.465 e. The Morgan fingerprint density at radius 2 is 2.12 bits per heavy atom. The molecule has 0 saturated carbocycles. The first kappa shape index (κ1) is 23.8. The highest BCUT2D eigenvalue weighted by Gasteiger charge is 2.45. The zero-order valence-electron chi connectivity index (χ0n) is 19.4. The third-order valence-electron chi connectivity index (χ3n) is 6.78. The molecule has 1 aliphatic carbocycles. The summed E-state index contributed by atoms with van der Waals surface area (Å²) in [7, 11) is 0. The van der Waals surface area contributed by atoms with Crippen molar-refractivity contribution in [1.29, 1.82) is 0 Å². The number of hydrogen-bond acceptors (Lipinski definition) is 7. The number of esters is 1. The summed E-state index contributed by atoms with van der Waals surface area (Å²) in [6, 6.07) is 3.11. The minimum absolute atomic E-state index is 0.0317. The van der Waals surface area contributed by atoms with Gasteiger partial charge >= 0.3 is 5.97 Å². The first-order valence-electron chi connectivity index (χ1n) is 11.8. The predicted molar refractivity (Wildman–Crippen MR) is 131 cm³/mol. The monoisotopic (exact) mass is 471 g/mol. The maximum absolute atomic E-state index is 13.3. The molecule has 8 heteroatoms. The number of nitrogens with one attached hydrogen (secondary N) is 1. The van der Waals surface area contributed by atoms with Crippen LogP contribution in [0.2, 0.25) is 0 Å². The van der Waals surface area contributed by atoms with Gasteiger partial charge in [0.2, 0.25) is 5.91 Å². The number of nitrogens with zero attached hydrogens (tertiary/aromatic N) is 1. The number of nitrogen functional groups attached to an aromatic ring is 1. The fourth-order valence-corrected chi connectivity index (χ4v) is 6.22. The van der Waals surface area contributed by atoms with Gasteiger partial charge in [0.25, 0.3) is 0 Å². The summed E-state index contributed by atoms with van der Waals surface area (Å²) in [6.07, 6.45) is 6.63. The molecule has 3 N–H and O–H groups in total. The number of hydrogen-bond donors (Lipinski definition) is 2. The number of likely N-dealkylation sites (tertiary alicyclic amines) is 1. The molecule has 0 spiro atoms. The van der Waals surface area contributed by atoms with Crippen LogP contribution < -0.4 is 11.1 Å². The smallest absolute Gasteiger partial charge is 0.324 e. The Balaban J connectivity index is 1.31. The Morgan fingerprint density at radius 3 is 2.91 bits per heavy atom. The van der Waals surface area contributed by atoms with Crippen LogP contribution in [-0.2, 0) is 25.5 Å². The highest BCUT2D eigenvalue weighted by atomic mass is 32.2. The first-order valence-corrected chi connectivity index (χ1v) is 12.9. The molecule has 0 radical (unpaired) electrons. The average Bonchev–Trinajstić information content (AvgIpc) is 3.53. The number of rotatable bonds is 8. The molecule has 4 rings (SSSR count). The lowest BCUT2D eigenvalue weighted by Crippen LogP contribution is -2.50. The molecule has 7 nitrogen and oxygen atoms in total. The molecule has 3 aliphatic rings. The van der Waals surface area contributed by atoms with Crippen LogP contribution in [0, 0.1) is 6.92 Å². The van der Waals surface area contributed by atoms with Crippen LogP contribution in [0.4, 0.5) is 5.69 Å². The molecule has 3 atom stereocenters.